The second kappa shape index (κ2) is 11.5. The van der Waals surface area contributed by atoms with E-state index in [0.29, 0.717) is 37.3 Å². The smallest absolute Gasteiger partial charge is 0.259 e. The average molecular weight is 513 g/mol. The molecule has 3 aromatic rings. The van der Waals surface area contributed by atoms with Crippen molar-refractivity contribution in [2.45, 2.75) is 51.9 Å². The van der Waals surface area contributed by atoms with E-state index < -0.39 is 12.1 Å². The quantitative estimate of drug-likeness (QED) is 0.507. The molecular formula is C25H29ClN6O4. The number of aromatic nitrogens is 3. The molecule has 3 N–H and O–H groups in total. The van der Waals surface area contributed by atoms with Gasteiger partial charge in [0.05, 0.1) is 17.8 Å². The Morgan fingerprint density at radius 1 is 1.19 bits per heavy atom. The number of amides is 1. The fraction of sp³-hybridized carbons (Fsp3) is 0.400. The van der Waals surface area contributed by atoms with Gasteiger partial charge in [-0.3, -0.25) is 4.79 Å². The molecule has 0 bridgehead atoms. The predicted molar refractivity (Wildman–Crippen MR) is 134 cm³/mol. The highest BCUT2D eigenvalue weighted by Gasteiger charge is 2.26. The molecule has 2 atom stereocenters. The van der Waals surface area contributed by atoms with E-state index >= 15 is 0 Å². The molecule has 1 unspecified atom stereocenters. The van der Waals surface area contributed by atoms with E-state index in [4.69, 9.17) is 15.0 Å². The SMILES string of the molecule is CC(C)Oc1ncc(-c2nc(-c3ccc4c(c3)CCN(C(=O)[C@@H](N)C(C)O)CC4)no2)cc1C#N.Cl. The van der Waals surface area contributed by atoms with Crippen molar-refractivity contribution < 1.29 is 19.2 Å². The summed E-state index contributed by atoms with van der Waals surface area (Å²) in [6, 6.07) is 8.71. The molecule has 1 aliphatic rings. The molecule has 0 spiro atoms. The fourth-order valence-electron chi connectivity index (χ4n) is 3.93. The molecule has 36 heavy (non-hydrogen) atoms. The third-order valence-electron chi connectivity index (χ3n) is 5.88. The third kappa shape index (κ3) is 5.82. The van der Waals surface area contributed by atoms with Gasteiger partial charge >= 0.3 is 0 Å². The molecule has 1 aliphatic heterocycles. The van der Waals surface area contributed by atoms with Crippen LogP contribution in [0, 0.1) is 11.3 Å². The van der Waals surface area contributed by atoms with E-state index in [1.54, 1.807) is 11.0 Å². The first-order valence-corrected chi connectivity index (χ1v) is 11.5. The van der Waals surface area contributed by atoms with E-state index in [1.165, 1.54) is 13.1 Å². The van der Waals surface area contributed by atoms with Crippen LogP contribution in [0.15, 0.2) is 35.0 Å². The molecule has 11 heteroatoms. The molecule has 0 aliphatic carbocycles. The Bertz CT molecular complexity index is 1270. The van der Waals surface area contributed by atoms with Gasteiger partial charge in [0.25, 0.3) is 5.89 Å². The van der Waals surface area contributed by atoms with Crippen LogP contribution in [0.1, 0.15) is 37.5 Å². The Kier molecular flexibility index (Phi) is 8.63. The summed E-state index contributed by atoms with van der Waals surface area (Å²) in [5.74, 6) is 0.681. The van der Waals surface area contributed by atoms with Crippen molar-refractivity contribution in [2.24, 2.45) is 5.73 Å². The molecule has 0 saturated carbocycles. The Morgan fingerprint density at radius 2 is 1.92 bits per heavy atom. The summed E-state index contributed by atoms with van der Waals surface area (Å²) in [6.45, 7) is 6.30. The number of carbonyl (C=O) groups is 1. The van der Waals surface area contributed by atoms with Gasteiger partial charge in [-0.05, 0) is 56.9 Å². The van der Waals surface area contributed by atoms with Crippen LogP contribution in [0.5, 0.6) is 5.88 Å². The maximum Gasteiger partial charge on any atom is 0.259 e. The van der Waals surface area contributed by atoms with Crippen LogP contribution in [0.3, 0.4) is 0 Å². The summed E-state index contributed by atoms with van der Waals surface area (Å²) < 4.78 is 11.0. The summed E-state index contributed by atoms with van der Waals surface area (Å²) >= 11 is 0. The molecule has 0 radical (unpaired) electrons. The predicted octanol–water partition coefficient (Wildman–Crippen LogP) is 2.51. The van der Waals surface area contributed by atoms with Crippen LogP contribution < -0.4 is 10.5 Å². The highest BCUT2D eigenvalue weighted by molar-refractivity contribution is 5.85. The molecule has 190 valence electrons. The number of rotatable bonds is 6. The Labute approximate surface area is 215 Å². The van der Waals surface area contributed by atoms with Gasteiger partial charge in [-0.25, -0.2) is 4.98 Å². The van der Waals surface area contributed by atoms with E-state index in [1.807, 2.05) is 32.0 Å². The molecule has 1 amide bonds. The van der Waals surface area contributed by atoms with Crippen molar-refractivity contribution in [3.63, 3.8) is 0 Å². The summed E-state index contributed by atoms with van der Waals surface area (Å²) in [5.41, 5.74) is 9.68. The van der Waals surface area contributed by atoms with E-state index in [-0.39, 0.29) is 41.8 Å². The zero-order valence-electron chi connectivity index (χ0n) is 20.3. The number of carbonyl (C=O) groups excluding carboxylic acids is 1. The number of fused-ring (bicyclic) bond motifs is 1. The van der Waals surface area contributed by atoms with E-state index in [0.717, 1.165) is 16.7 Å². The molecule has 1 aromatic carbocycles. The van der Waals surface area contributed by atoms with Gasteiger partial charge in [0.2, 0.25) is 17.6 Å². The van der Waals surface area contributed by atoms with Crippen molar-refractivity contribution in [3.8, 4) is 34.8 Å². The highest BCUT2D eigenvalue weighted by Crippen LogP contribution is 2.28. The van der Waals surface area contributed by atoms with E-state index in [2.05, 4.69) is 21.2 Å². The molecule has 4 rings (SSSR count). The Morgan fingerprint density at radius 3 is 2.58 bits per heavy atom. The highest BCUT2D eigenvalue weighted by atomic mass is 35.5. The first-order chi connectivity index (χ1) is 16.8. The lowest BCUT2D eigenvalue weighted by Crippen LogP contribution is -2.49. The van der Waals surface area contributed by atoms with Gasteiger partial charge in [0.15, 0.2) is 0 Å². The number of aliphatic hydroxyl groups excluding tert-OH is 1. The largest absolute Gasteiger partial charge is 0.474 e. The summed E-state index contributed by atoms with van der Waals surface area (Å²) in [7, 11) is 0. The lowest BCUT2D eigenvalue weighted by atomic mass is 10.00. The molecule has 3 heterocycles. The number of ether oxygens (including phenoxy) is 1. The molecule has 0 fully saturated rings. The standard InChI is InChI=1S/C25H28N6O4.ClH/c1-14(2)34-23-19(12-26)11-20(13-28-23)24-29-22(30-35-24)18-5-4-16-6-8-31(9-7-17(16)10-18)25(33)21(27)15(3)32;/h4-5,10-11,13-15,21,32H,6-9,27H2,1-3H3;1H/t15?,21-;/m0./s1. The number of nitriles is 1. The van der Waals surface area contributed by atoms with Crippen molar-refractivity contribution in [2.75, 3.05) is 13.1 Å². The van der Waals surface area contributed by atoms with Gasteiger partial charge in [-0.1, -0.05) is 17.3 Å². The van der Waals surface area contributed by atoms with Gasteiger partial charge in [-0.15, -0.1) is 12.4 Å². The minimum atomic E-state index is -0.924. The maximum atomic E-state index is 12.6. The van der Waals surface area contributed by atoms with Gasteiger partial charge in [0.1, 0.15) is 17.7 Å². The number of halogens is 1. The first-order valence-electron chi connectivity index (χ1n) is 11.5. The second-order valence-corrected chi connectivity index (χ2v) is 8.85. The molecule has 2 aromatic heterocycles. The topological polar surface area (TPSA) is 151 Å². The number of nitrogens with zero attached hydrogens (tertiary/aromatic N) is 5. The number of pyridine rings is 1. The maximum absolute atomic E-state index is 12.6. The van der Waals surface area contributed by atoms with Gasteiger partial charge < -0.3 is 25.0 Å². The van der Waals surface area contributed by atoms with Gasteiger partial charge in [-0.2, -0.15) is 10.2 Å². The van der Waals surface area contributed by atoms with Crippen molar-refractivity contribution in [3.05, 3.63) is 47.2 Å². The lowest BCUT2D eigenvalue weighted by Gasteiger charge is -2.25. The van der Waals surface area contributed by atoms with Crippen LogP contribution in [0.2, 0.25) is 0 Å². The van der Waals surface area contributed by atoms with Crippen LogP contribution in [-0.4, -0.2) is 62.4 Å². The number of hydrogen-bond acceptors (Lipinski definition) is 9. The summed E-state index contributed by atoms with van der Waals surface area (Å²) in [5, 5.41) is 23.2. The Balaban J connectivity index is 0.00000361. The van der Waals surface area contributed by atoms with Crippen LogP contribution in [-0.2, 0) is 17.6 Å². The third-order valence-corrected chi connectivity index (χ3v) is 5.88. The van der Waals surface area contributed by atoms with Crippen LogP contribution >= 0.6 is 12.4 Å². The lowest BCUT2D eigenvalue weighted by molar-refractivity contribution is -0.134. The minimum Gasteiger partial charge on any atom is -0.474 e. The van der Waals surface area contributed by atoms with Crippen LogP contribution in [0.4, 0.5) is 0 Å². The molecular weight excluding hydrogens is 484 g/mol. The molecule has 0 saturated heterocycles. The number of nitrogens with two attached hydrogens (primary N) is 1. The van der Waals surface area contributed by atoms with Crippen LogP contribution in [0.25, 0.3) is 22.8 Å². The minimum absolute atomic E-state index is 0. The monoisotopic (exact) mass is 512 g/mol. The summed E-state index contributed by atoms with van der Waals surface area (Å²) in [4.78, 5) is 23.0. The van der Waals surface area contributed by atoms with E-state index in [9.17, 15) is 15.2 Å². The fourth-order valence-corrected chi connectivity index (χ4v) is 3.93. The van der Waals surface area contributed by atoms with Gasteiger partial charge in [0, 0.05) is 24.8 Å². The van der Waals surface area contributed by atoms with Crippen molar-refractivity contribution in [1.29, 1.82) is 5.26 Å². The zero-order chi connectivity index (χ0) is 25.1. The number of hydrogen-bond donors (Lipinski definition) is 2. The Hall–Kier alpha value is -3.52. The zero-order valence-corrected chi connectivity index (χ0v) is 21.2. The normalized spacial score (nSPS) is 14.8. The first kappa shape index (κ1) is 27.1. The number of benzene rings is 1. The average Bonchev–Trinajstić information content (AvgIpc) is 3.24. The van der Waals surface area contributed by atoms with Crippen molar-refractivity contribution in [1.82, 2.24) is 20.0 Å². The second-order valence-electron chi connectivity index (χ2n) is 8.85. The number of aliphatic hydroxyl groups is 1. The summed E-state index contributed by atoms with van der Waals surface area (Å²) in [6.07, 6.45) is 1.88. The molecule has 10 nitrogen and oxygen atoms in total. The van der Waals surface area contributed by atoms with Crippen molar-refractivity contribution >= 4 is 18.3 Å².